The number of sulfonamides is 1. The predicted octanol–water partition coefficient (Wildman–Crippen LogP) is 5.23. The summed E-state index contributed by atoms with van der Waals surface area (Å²) < 4.78 is 95.4. The van der Waals surface area contributed by atoms with Gasteiger partial charge >= 0.3 is 5.51 Å². The van der Waals surface area contributed by atoms with Crippen LogP contribution in [0.2, 0.25) is 5.02 Å². The molecule has 0 unspecified atom stereocenters. The van der Waals surface area contributed by atoms with Gasteiger partial charge in [-0.3, -0.25) is 4.72 Å². The van der Waals surface area contributed by atoms with Crippen molar-refractivity contribution in [2.24, 2.45) is 0 Å². The molecule has 0 saturated carbocycles. The fourth-order valence-electron chi connectivity index (χ4n) is 2.43. The molecule has 0 aliphatic heterocycles. The molecule has 0 amide bonds. The number of rotatable bonds is 6. The highest BCUT2D eigenvalue weighted by Crippen LogP contribution is 2.38. The Morgan fingerprint density at radius 1 is 0.806 bits per heavy atom. The maximum absolute atomic E-state index is 13.0. The number of hydrogen-bond acceptors (Lipinski definition) is 5. The smallest absolute Gasteiger partial charge is 0.455 e. The second-order valence-electron chi connectivity index (χ2n) is 6.09. The minimum absolute atomic E-state index is 0.0502. The molecule has 1 N–H and O–H groups in total. The Kier molecular flexibility index (Phi) is 6.21. The Hall–Kier alpha value is -2.76. The fourth-order valence-corrected chi connectivity index (χ4v) is 4.48. The van der Waals surface area contributed by atoms with E-state index < -0.39 is 36.0 Å². The summed E-state index contributed by atoms with van der Waals surface area (Å²) in [6.45, 7) is 0. The third kappa shape index (κ3) is 5.12. The van der Waals surface area contributed by atoms with Gasteiger partial charge in [-0.05, 0) is 42.5 Å². The zero-order valence-corrected chi connectivity index (χ0v) is 17.7. The number of hydrogen-bond donors (Lipinski definition) is 1. The number of ether oxygens (including phenoxy) is 1. The van der Waals surface area contributed by atoms with Gasteiger partial charge in [0, 0.05) is 11.1 Å². The number of benzene rings is 3. The van der Waals surface area contributed by atoms with Gasteiger partial charge in [-0.2, -0.15) is 13.2 Å². The highest BCUT2D eigenvalue weighted by molar-refractivity contribution is 7.93. The van der Waals surface area contributed by atoms with E-state index in [-0.39, 0.29) is 21.4 Å². The second kappa shape index (κ2) is 8.40. The molecule has 0 heterocycles. The highest BCUT2D eigenvalue weighted by Gasteiger charge is 2.47. The lowest BCUT2D eigenvalue weighted by atomic mass is 10.3. The standard InChI is InChI=1S/C19H13ClF3NO5S2/c20-13-5-4-6-14(11-13)29-18-12-16(30(25,26)19(21,22)23)9-10-17(18)24-31(27,28)15-7-2-1-3-8-15/h1-12,24H. The molecule has 0 bridgehead atoms. The van der Waals surface area contributed by atoms with Crippen molar-refractivity contribution in [3.05, 3.63) is 77.8 Å². The molecule has 0 atom stereocenters. The fraction of sp³-hybridized carbons (Fsp3) is 0.0526. The summed E-state index contributed by atoms with van der Waals surface area (Å²) >= 11 is 5.86. The second-order valence-corrected chi connectivity index (χ2v) is 10.1. The van der Waals surface area contributed by atoms with E-state index in [4.69, 9.17) is 16.3 Å². The first-order valence-corrected chi connectivity index (χ1v) is 11.7. The van der Waals surface area contributed by atoms with E-state index in [1.165, 1.54) is 48.5 Å². The Labute approximate surface area is 181 Å². The highest BCUT2D eigenvalue weighted by atomic mass is 35.5. The lowest BCUT2D eigenvalue weighted by Crippen LogP contribution is -2.23. The van der Waals surface area contributed by atoms with Crippen LogP contribution < -0.4 is 9.46 Å². The number of sulfone groups is 1. The van der Waals surface area contributed by atoms with E-state index in [2.05, 4.69) is 4.72 Å². The van der Waals surface area contributed by atoms with E-state index in [9.17, 15) is 30.0 Å². The molecule has 3 aromatic carbocycles. The molecule has 0 aliphatic carbocycles. The van der Waals surface area contributed by atoms with E-state index in [1.807, 2.05) is 0 Å². The molecule has 0 saturated heterocycles. The molecule has 0 radical (unpaired) electrons. The van der Waals surface area contributed by atoms with Crippen LogP contribution in [0, 0.1) is 0 Å². The van der Waals surface area contributed by atoms with Crippen LogP contribution in [0.1, 0.15) is 0 Å². The largest absolute Gasteiger partial charge is 0.501 e. The van der Waals surface area contributed by atoms with Gasteiger partial charge in [0.15, 0.2) is 5.75 Å². The van der Waals surface area contributed by atoms with Gasteiger partial charge in [0.2, 0.25) is 0 Å². The van der Waals surface area contributed by atoms with Gasteiger partial charge in [-0.15, -0.1) is 0 Å². The van der Waals surface area contributed by atoms with Crippen LogP contribution >= 0.6 is 11.6 Å². The molecule has 6 nitrogen and oxygen atoms in total. The van der Waals surface area contributed by atoms with Gasteiger partial charge in [-0.1, -0.05) is 35.9 Å². The molecule has 0 aliphatic rings. The van der Waals surface area contributed by atoms with Crippen molar-refractivity contribution in [2.75, 3.05) is 4.72 Å². The van der Waals surface area contributed by atoms with Crippen molar-refractivity contribution in [1.29, 1.82) is 0 Å². The third-order valence-electron chi connectivity index (χ3n) is 3.89. The first-order chi connectivity index (χ1) is 14.4. The maximum atomic E-state index is 13.0. The topological polar surface area (TPSA) is 89.5 Å². The molecule has 31 heavy (non-hydrogen) atoms. The van der Waals surface area contributed by atoms with Crippen molar-refractivity contribution in [1.82, 2.24) is 0 Å². The van der Waals surface area contributed by atoms with E-state index in [0.29, 0.717) is 12.1 Å². The van der Waals surface area contributed by atoms with Crippen LogP contribution in [-0.4, -0.2) is 22.3 Å². The van der Waals surface area contributed by atoms with Crippen LogP contribution in [-0.2, 0) is 19.9 Å². The SMILES string of the molecule is O=S(=O)(Nc1ccc(S(=O)(=O)C(F)(F)F)cc1Oc1cccc(Cl)c1)c1ccccc1. The molecule has 0 fully saturated rings. The van der Waals surface area contributed by atoms with Crippen LogP contribution in [0.3, 0.4) is 0 Å². The summed E-state index contributed by atoms with van der Waals surface area (Å²) in [5.74, 6) is -0.415. The van der Waals surface area contributed by atoms with E-state index in [0.717, 1.165) is 6.07 Å². The van der Waals surface area contributed by atoms with Crippen molar-refractivity contribution < 1.29 is 34.7 Å². The monoisotopic (exact) mass is 491 g/mol. The van der Waals surface area contributed by atoms with Crippen molar-refractivity contribution in [3.63, 3.8) is 0 Å². The van der Waals surface area contributed by atoms with Crippen molar-refractivity contribution >= 4 is 37.1 Å². The predicted molar refractivity (Wildman–Crippen MR) is 108 cm³/mol. The zero-order chi connectivity index (χ0) is 22.9. The van der Waals surface area contributed by atoms with Crippen LogP contribution in [0.4, 0.5) is 18.9 Å². The number of halogens is 4. The molecular formula is C19H13ClF3NO5S2. The summed E-state index contributed by atoms with van der Waals surface area (Å²) in [5, 5.41) is 0.239. The molecule has 3 rings (SSSR count). The van der Waals surface area contributed by atoms with E-state index in [1.54, 1.807) is 6.07 Å². The summed E-state index contributed by atoms with van der Waals surface area (Å²) in [7, 11) is -9.84. The van der Waals surface area contributed by atoms with Crippen LogP contribution in [0.15, 0.2) is 82.6 Å². The number of alkyl halides is 3. The summed E-state index contributed by atoms with van der Waals surface area (Å²) in [6.07, 6.45) is 0. The quantitative estimate of drug-likeness (QED) is 0.510. The first-order valence-electron chi connectivity index (χ1n) is 8.37. The Morgan fingerprint density at radius 2 is 1.48 bits per heavy atom. The lowest BCUT2D eigenvalue weighted by molar-refractivity contribution is -0.0436. The van der Waals surface area contributed by atoms with Gasteiger partial charge < -0.3 is 4.74 Å². The average molecular weight is 492 g/mol. The van der Waals surface area contributed by atoms with Crippen LogP contribution in [0.25, 0.3) is 0 Å². The lowest BCUT2D eigenvalue weighted by Gasteiger charge is -2.16. The number of nitrogens with one attached hydrogen (secondary N) is 1. The van der Waals surface area contributed by atoms with Gasteiger partial charge in [-0.25, -0.2) is 16.8 Å². The average Bonchev–Trinajstić information content (AvgIpc) is 2.69. The third-order valence-corrected chi connectivity index (χ3v) is 6.99. The number of anilines is 1. The minimum Gasteiger partial charge on any atom is -0.455 e. The minimum atomic E-state index is -5.70. The summed E-state index contributed by atoms with van der Waals surface area (Å²) in [6, 6.07) is 15.0. The molecule has 3 aromatic rings. The maximum Gasteiger partial charge on any atom is 0.501 e. The van der Waals surface area contributed by atoms with Gasteiger partial charge in [0.25, 0.3) is 19.9 Å². The summed E-state index contributed by atoms with van der Waals surface area (Å²) in [5.41, 5.74) is -5.82. The van der Waals surface area contributed by atoms with Gasteiger partial charge in [0.05, 0.1) is 15.5 Å². The molecule has 164 valence electrons. The normalized spacial score (nSPS) is 12.4. The van der Waals surface area contributed by atoms with Crippen molar-refractivity contribution in [3.8, 4) is 11.5 Å². The molecule has 0 spiro atoms. The van der Waals surface area contributed by atoms with Crippen LogP contribution in [0.5, 0.6) is 11.5 Å². The molecule has 0 aromatic heterocycles. The summed E-state index contributed by atoms with van der Waals surface area (Å²) in [4.78, 5) is -1.23. The Balaban J connectivity index is 2.10. The van der Waals surface area contributed by atoms with Gasteiger partial charge in [0.1, 0.15) is 5.75 Å². The molecular weight excluding hydrogens is 479 g/mol. The Morgan fingerprint density at radius 3 is 2.10 bits per heavy atom. The van der Waals surface area contributed by atoms with Crippen molar-refractivity contribution in [2.45, 2.75) is 15.3 Å². The van der Waals surface area contributed by atoms with E-state index >= 15 is 0 Å². The Bertz CT molecular complexity index is 1310. The first kappa shape index (κ1) is 22.9. The zero-order valence-electron chi connectivity index (χ0n) is 15.3. The molecule has 12 heteroatoms.